The van der Waals surface area contributed by atoms with Gasteiger partial charge in [-0.15, -0.1) is 0 Å². The Balaban J connectivity index is 1.71. The van der Waals surface area contributed by atoms with E-state index in [1.807, 2.05) is 0 Å². The fourth-order valence-corrected chi connectivity index (χ4v) is 3.91. The van der Waals surface area contributed by atoms with Crippen molar-refractivity contribution in [2.45, 2.75) is 57.9 Å². The summed E-state index contributed by atoms with van der Waals surface area (Å²) in [5, 5.41) is 6.83. The fraction of sp³-hybridized carbons (Fsp3) is 0.583. The van der Waals surface area contributed by atoms with Gasteiger partial charge in [0.25, 0.3) is 0 Å². The van der Waals surface area contributed by atoms with Crippen LogP contribution in [0.2, 0.25) is 0 Å². The summed E-state index contributed by atoms with van der Waals surface area (Å²) in [4.78, 5) is 8.78. The molecule has 0 unspecified atom stereocenters. The lowest BCUT2D eigenvalue weighted by Crippen LogP contribution is -2.48. The summed E-state index contributed by atoms with van der Waals surface area (Å²) < 4.78 is 17.3. The van der Waals surface area contributed by atoms with Crippen molar-refractivity contribution in [2.75, 3.05) is 33.9 Å². The summed E-state index contributed by atoms with van der Waals surface area (Å²) in [5.41, 5.74) is 2.30. The van der Waals surface area contributed by atoms with Gasteiger partial charge in [0.1, 0.15) is 11.5 Å². The third kappa shape index (κ3) is 5.58. The maximum absolute atomic E-state index is 5.88. The minimum Gasteiger partial charge on any atom is -0.496 e. The molecule has 2 N–H and O–H groups in total. The van der Waals surface area contributed by atoms with Crippen molar-refractivity contribution in [1.82, 2.24) is 15.6 Å². The summed E-state index contributed by atoms with van der Waals surface area (Å²) in [6.45, 7) is 11.1. The van der Waals surface area contributed by atoms with Crippen LogP contribution in [0, 0.1) is 6.92 Å². The molecule has 1 aromatic heterocycles. The maximum Gasteiger partial charge on any atom is 0.213 e. The molecule has 31 heavy (non-hydrogen) atoms. The topological polar surface area (TPSA) is 80.9 Å². The molecule has 1 aliphatic rings. The molecular weight excluding hydrogens is 392 g/mol. The number of hydrogen-bond acceptors (Lipinski definition) is 5. The average molecular weight is 429 g/mol. The van der Waals surface area contributed by atoms with Crippen LogP contribution in [0.15, 0.2) is 33.8 Å². The fourth-order valence-electron chi connectivity index (χ4n) is 3.91. The second kappa shape index (κ2) is 9.73. The van der Waals surface area contributed by atoms with E-state index in [9.17, 15) is 0 Å². The van der Waals surface area contributed by atoms with Crippen molar-refractivity contribution in [2.24, 2.45) is 4.99 Å². The summed E-state index contributed by atoms with van der Waals surface area (Å²) in [6.07, 6.45) is 3.64. The van der Waals surface area contributed by atoms with Crippen molar-refractivity contribution in [3.63, 3.8) is 0 Å². The SMILES string of the molecule is CN=C(NCc1ncc(C(C)(C)C)o1)NCC1(c2cc(C)ccc2OC)CCOCC1. The van der Waals surface area contributed by atoms with Crippen molar-refractivity contribution in [1.29, 1.82) is 0 Å². The zero-order valence-electron chi connectivity index (χ0n) is 19.7. The maximum atomic E-state index is 5.88. The molecule has 170 valence electrons. The van der Waals surface area contributed by atoms with Gasteiger partial charge < -0.3 is 24.5 Å². The number of benzene rings is 1. The molecule has 0 spiro atoms. The Labute approximate surface area is 185 Å². The van der Waals surface area contributed by atoms with Crippen LogP contribution in [0.5, 0.6) is 5.75 Å². The second-order valence-corrected chi connectivity index (χ2v) is 9.24. The summed E-state index contributed by atoms with van der Waals surface area (Å²) >= 11 is 0. The van der Waals surface area contributed by atoms with Crippen LogP contribution in [-0.4, -0.2) is 44.9 Å². The minimum atomic E-state index is -0.0877. The van der Waals surface area contributed by atoms with E-state index >= 15 is 0 Å². The summed E-state index contributed by atoms with van der Waals surface area (Å²) in [5.74, 6) is 3.16. The second-order valence-electron chi connectivity index (χ2n) is 9.24. The molecule has 0 bridgehead atoms. The number of rotatable bonds is 6. The largest absolute Gasteiger partial charge is 0.496 e. The van der Waals surface area contributed by atoms with Gasteiger partial charge in [0, 0.05) is 43.2 Å². The van der Waals surface area contributed by atoms with Gasteiger partial charge in [0.05, 0.1) is 19.9 Å². The molecule has 1 aliphatic heterocycles. The lowest BCUT2D eigenvalue weighted by molar-refractivity contribution is 0.0505. The number of ether oxygens (including phenoxy) is 2. The number of guanidine groups is 1. The Morgan fingerprint density at radius 3 is 2.58 bits per heavy atom. The molecule has 7 nitrogen and oxygen atoms in total. The molecule has 0 atom stereocenters. The quantitative estimate of drug-likeness (QED) is 0.539. The molecular formula is C24H36N4O3. The van der Waals surface area contributed by atoms with Gasteiger partial charge in [-0.1, -0.05) is 38.5 Å². The highest BCUT2D eigenvalue weighted by atomic mass is 16.5. The zero-order valence-corrected chi connectivity index (χ0v) is 19.7. The summed E-state index contributed by atoms with van der Waals surface area (Å²) in [6, 6.07) is 6.39. The van der Waals surface area contributed by atoms with Gasteiger partial charge in [-0.3, -0.25) is 4.99 Å². The molecule has 2 heterocycles. The molecule has 1 fully saturated rings. The number of aliphatic imine (C=N–C) groups is 1. The first-order chi connectivity index (χ1) is 14.8. The number of nitrogens with zero attached hydrogens (tertiary/aromatic N) is 2. The van der Waals surface area contributed by atoms with Crippen LogP contribution in [0.25, 0.3) is 0 Å². The Kier molecular flexibility index (Phi) is 7.26. The smallest absolute Gasteiger partial charge is 0.213 e. The Morgan fingerprint density at radius 2 is 1.97 bits per heavy atom. The van der Waals surface area contributed by atoms with E-state index in [2.05, 4.69) is 66.5 Å². The third-order valence-corrected chi connectivity index (χ3v) is 5.89. The number of nitrogens with one attached hydrogen (secondary N) is 2. The lowest BCUT2D eigenvalue weighted by atomic mass is 9.73. The predicted molar refractivity (Wildman–Crippen MR) is 123 cm³/mol. The van der Waals surface area contributed by atoms with Crippen molar-refractivity contribution >= 4 is 5.96 Å². The number of hydrogen-bond donors (Lipinski definition) is 2. The van der Waals surface area contributed by atoms with Crippen LogP contribution in [0.4, 0.5) is 0 Å². The Hall–Kier alpha value is -2.54. The van der Waals surface area contributed by atoms with E-state index < -0.39 is 0 Å². The Morgan fingerprint density at radius 1 is 1.23 bits per heavy atom. The van der Waals surface area contributed by atoms with Gasteiger partial charge in [-0.05, 0) is 25.8 Å². The van der Waals surface area contributed by atoms with E-state index in [-0.39, 0.29) is 10.8 Å². The van der Waals surface area contributed by atoms with Crippen molar-refractivity contribution in [3.8, 4) is 5.75 Å². The molecule has 2 aromatic rings. The third-order valence-electron chi connectivity index (χ3n) is 5.89. The highest BCUT2D eigenvalue weighted by Crippen LogP contribution is 2.40. The number of methoxy groups -OCH3 is 1. The highest BCUT2D eigenvalue weighted by Gasteiger charge is 2.37. The van der Waals surface area contributed by atoms with E-state index in [4.69, 9.17) is 13.9 Å². The molecule has 1 aromatic carbocycles. The summed E-state index contributed by atoms with van der Waals surface area (Å²) in [7, 11) is 3.51. The van der Waals surface area contributed by atoms with E-state index in [1.165, 1.54) is 11.1 Å². The van der Waals surface area contributed by atoms with Crippen molar-refractivity contribution in [3.05, 3.63) is 47.2 Å². The van der Waals surface area contributed by atoms with Crippen LogP contribution in [0.3, 0.4) is 0 Å². The standard InChI is InChI=1S/C24H36N4O3/c1-17-7-8-19(29-6)18(13-17)24(9-11-30-12-10-24)16-28-22(25-5)27-15-21-26-14-20(31-21)23(2,3)4/h7-8,13-14H,9-12,15-16H2,1-6H3,(H2,25,27,28). The van der Waals surface area contributed by atoms with Gasteiger partial charge >= 0.3 is 0 Å². The van der Waals surface area contributed by atoms with Gasteiger partial charge in [-0.2, -0.15) is 0 Å². The van der Waals surface area contributed by atoms with E-state index in [0.29, 0.717) is 18.4 Å². The molecule has 0 saturated carbocycles. The molecule has 1 saturated heterocycles. The van der Waals surface area contributed by atoms with Crippen LogP contribution in [-0.2, 0) is 22.1 Å². The normalized spacial score (nSPS) is 16.8. The first kappa shape index (κ1) is 23.1. The Bertz CT molecular complexity index is 892. The molecule has 0 aliphatic carbocycles. The first-order valence-corrected chi connectivity index (χ1v) is 10.9. The zero-order chi connectivity index (χ0) is 22.5. The molecule has 3 rings (SSSR count). The van der Waals surface area contributed by atoms with E-state index in [0.717, 1.165) is 44.1 Å². The van der Waals surface area contributed by atoms with Gasteiger partial charge in [0.2, 0.25) is 5.89 Å². The molecule has 0 radical (unpaired) electrons. The first-order valence-electron chi connectivity index (χ1n) is 10.9. The number of aryl methyl sites for hydroxylation is 1. The lowest BCUT2D eigenvalue weighted by Gasteiger charge is -2.39. The number of oxazole rings is 1. The van der Waals surface area contributed by atoms with Crippen molar-refractivity contribution < 1.29 is 13.9 Å². The predicted octanol–water partition coefficient (Wildman–Crippen LogP) is 3.70. The molecule has 7 heteroatoms. The average Bonchev–Trinajstić information content (AvgIpc) is 3.24. The van der Waals surface area contributed by atoms with Crippen LogP contribution < -0.4 is 15.4 Å². The highest BCUT2D eigenvalue weighted by molar-refractivity contribution is 5.79. The minimum absolute atomic E-state index is 0.0620. The van der Waals surface area contributed by atoms with Crippen LogP contribution >= 0.6 is 0 Å². The van der Waals surface area contributed by atoms with E-state index in [1.54, 1.807) is 20.4 Å². The van der Waals surface area contributed by atoms with Gasteiger partial charge in [-0.25, -0.2) is 4.98 Å². The number of aromatic nitrogens is 1. The van der Waals surface area contributed by atoms with Crippen LogP contribution in [0.1, 0.15) is 56.4 Å². The molecule has 0 amide bonds. The monoisotopic (exact) mass is 428 g/mol. The van der Waals surface area contributed by atoms with Gasteiger partial charge in [0.15, 0.2) is 5.96 Å².